The fourth-order valence-corrected chi connectivity index (χ4v) is 5.57. The summed E-state index contributed by atoms with van der Waals surface area (Å²) in [6.07, 6.45) is 0. The highest BCUT2D eigenvalue weighted by Crippen LogP contribution is 2.28. The van der Waals surface area contributed by atoms with E-state index in [9.17, 15) is 13.2 Å². The smallest absolute Gasteiger partial charge is 0.255 e. The number of hydrogen-bond acceptors (Lipinski definition) is 4. The van der Waals surface area contributed by atoms with E-state index < -0.39 is 10.0 Å². The van der Waals surface area contributed by atoms with Crippen molar-refractivity contribution in [3.8, 4) is 0 Å². The number of sulfonamides is 1. The van der Waals surface area contributed by atoms with E-state index in [0.717, 1.165) is 11.5 Å². The fourth-order valence-electron chi connectivity index (χ4n) is 2.49. The van der Waals surface area contributed by atoms with Crippen LogP contribution >= 0.6 is 23.4 Å². The Morgan fingerprint density at radius 3 is 2.44 bits per heavy atom. The zero-order chi connectivity index (χ0) is 17.9. The van der Waals surface area contributed by atoms with Gasteiger partial charge in [0, 0.05) is 35.8 Å². The van der Waals surface area contributed by atoms with E-state index in [0.29, 0.717) is 18.8 Å². The molecule has 1 aliphatic rings. The lowest BCUT2D eigenvalue weighted by Crippen LogP contribution is -2.38. The Hall–Kier alpha value is -1.54. The number of rotatable bonds is 4. The molecule has 0 aromatic heterocycles. The van der Waals surface area contributed by atoms with E-state index in [1.165, 1.54) is 22.5 Å². The summed E-state index contributed by atoms with van der Waals surface area (Å²) in [5.74, 6) is 1.13. The quantitative estimate of drug-likeness (QED) is 0.860. The largest absolute Gasteiger partial charge is 0.322 e. The molecular weight excluding hydrogens is 380 g/mol. The van der Waals surface area contributed by atoms with Crippen LogP contribution in [-0.4, -0.2) is 43.2 Å². The average Bonchev–Trinajstić information content (AvgIpc) is 2.63. The number of thioether (sulfide) groups is 1. The van der Waals surface area contributed by atoms with Gasteiger partial charge in [-0.1, -0.05) is 29.8 Å². The molecule has 1 N–H and O–H groups in total. The molecule has 0 aliphatic carbocycles. The van der Waals surface area contributed by atoms with E-state index in [4.69, 9.17) is 11.6 Å². The van der Waals surface area contributed by atoms with Crippen molar-refractivity contribution in [3.05, 3.63) is 59.1 Å². The van der Waals surface area contributed by atoms with E-state index in [2.05, 4.69) is 5.32 Å². The normalized spacial score (nSPS) is 15.7. The maximum Gasteiger partial charge on any atom is 0.255 e. The van der Waals surface area contributed by atoms with Gasteiger partial charge in [0.25, 0.3) is 5.91 Å². The molecule has 2 aromatic rings. The first-order valence-electron chi connectivity index (χ1n) is 7.72. The zero-order valence-corrected chi connectivity index (χ0v) is 15.7. The highest BCUT2D eigenvalue weighted by Gasteiger charge is 2.29. The first-order chi connectivity index (χ1) is 12.0. The highest BCUT2D eigenvalue weighted by molar-refractivity contribution is 7.99. The molecule has 0 spiro atoms. The summed E-state index contributed by atoms with van der Waals surface area (Å²) in [4.78, 5) is 12.4. The molecule has 1 fully saturated rings. The molecule has 5 nitrogen and oxygen atoms in total. The molecular formula is C17H17ClN2O3S2. The molecule has 1 heterocycles. The van der Waals surface area contributed by atoms with Crippen LogP contribution in [-0.2, 0) is 10.0 Å². The van der Waals surface area contributed by atoms with Crippen molar-refractivity contribution >= 4 is 45.0 Å². The van der Waals surface area contributed by atoms with Crippen molar-refractivity contribution in [3.63, 3.8) is 0 Å². The number of hydrogen-bond donors (Lipinski definition) is 1. The molecule has 0 radical (unpaired) electrons. The van der Waals surface area contributed by atoms with Gasteiger partial charge in [-0.15, -0.1) is 0 Å². The van der Waals surface area contributed by atoms with Gasteiger partial charge in [-0.25, -0.2) is 8.42 Å². The van der Waals surface area contributed by atoms with Gasteiger partial charge in [0.2, 0.25) is 10.0 Å². The van der Waals surface area contributed by atoms with Crippen LogP contribution < -0.4 is 5.32 Å². The Bertz CT molecular complexity index is 867. The number of nitrogens with zero attached hydrogens (tertiary/aromatic N) is 1. The topological polar surface area (TPSA) is 66.5 Å². The summed E-state index contributed by atoms with van der Waals surface area (Å²) in [7, 11) is -3.71. The standard InChI is InChI=1S/C17H17ClN2O3S2/c18-15-7-6-13(17(21)19-14-4-2-1-3-5-14)12-16(15)25(22,23)20-8-10-24-11-9-20/h1-7,12H,8-11H2,(H,19,21). The lowest BCUT2D eigenvalue weighted by Gasteiger charge is -2.26. The van der Waals surface area contributed by atoms with Crippen molar-refractivity contribution < 1.29 is 13.2 Å². The molecule has 1 saturated heterocycles. The Balaban J connectivity index is 1.88. The second-order valence-corrected chi connectivity index (χ2v) is 9.02. The Kier molecular flexibility index (Phi) is 5.68. The summed E-state index contributed by atoms with van der Waals surface area (Å²) in [5.41, 5.74) is 0.887. The zero-order valence-electron chi connectivity index (χ0n) is 13.3. The fraction of sp³-hybridized carbons (Fsp3) is 0.235. The van der Waals surface area contributed by atoms with Crippen molar-refractivity contribution in [2.75, 3.05) is 29.9 Å². The Morgan fingerprint density at radius 1 is 1.08 bits per heavy atom. The minimum atomic E-state index is -3.71. The Morgan fingerprint density at radius 2 is 1.76 bits per heavy atom. The summed E-state index contributed by atoms with van der Waals surface area (Å²) in [5, 5.41) is 2.86. The third-order valence-electron chi connectivity index (χ3n) is 3.81. The van der Waals surface area contributed by atoms with Crippen LogP contribution in [0.25, 0.3) is 0 Å². The van der Waals surface area contributed by atoms with Gasteiger partial charge in [0.05, 0.1) is 5.02 Å². The monoisotopic (exact) mass is 396 g/mol. The lowest BCUT2D eigenvalue weighted by atomic mass is 10.2. The van der Waals surface area contributed by atoms with Crippen LogP contribution in [0.5, 0.6) is 0 Å². The van der Waals surface area contributed by atoms with Gasteiger partial charge in [0.15, 0.2) is 0 Å². The number of carbonyl (C=O) groups excluding carboxylic acids is 1. The third-order valence-corrected chi connectivity index (χ3v) is 7.14. The number of amides is 1. The minimum absolute atomic E-state index is 0.0261. The summed E-state index contributed by atoms with van der Waals surface area (Å²) in [6, 6.07) is 13.3. The first kappa shape index (κ1) is 18.3. The van der Waals surface area contributed by atoms with Gasteiger partial charge in [0.1, 0.15) is 4.90 Å². The SMILES string of the molecule is O=C(Nc1ccccc1)c1ccc(Cl)c(S(=O)(=O)N2CCSCC2)c1. The molecule has 0 bridgehead atoms. The van der Waals surface area contributed by atoms with Gasteiger partial charge >= 0.3 is 0 Å². The number of halogens is 1. The molecule has 0 unspecified atom stereocenters. The number of nitrogens with one attached hydrogen (secondary N) is 1. The van der Waals surface area contributed by atoms with Crippen molar-refractivity contribution in [1.29, 1.82) is 0 Å². The number of benzene rings is 2. The molecule has 3 rings (SSSR count). The van der Waals surface area contributed by atoms with E-state index in [-0.39, 0.29) is 21.4 Å². The maximum absolute atomic E-state index is 12.8. The number of anilines is 1. The molecule has 0 atom stereocenters. The van der Waals surface area contributed by atoms with Crippen LogP contribution in [0.15, 0.2) is 53.4 Å². The lowest BCUT2D eigenvalue weighted by molar-refractivity contribution is 0.102. The van der Waals surface area contributed by atoms with Gasteiger partial charge in [-0.3, -0.25) is 4.79 Å². The Labute approximate surface area is 156 Å². The van der Waals surface area contributed by atoms with E-state index in [1.807, 2.05) is 18.2 Å². The van der Waals surface area contributed by atoms with Crippen LogP contribution in [0.2, 0.25) is 5.02 Å². The second kappa shape index (κ2) is 7.78. The molecule has 0 saturated carbocycles. The van der Waals surface area contributed by atoms with Gasteiger partial charge in [-0.05, 0) is 30.3 Å². The van der Waals surface area contributed by atoms with Crippen LogP contribution in [0, 0.1) is 0 Å². The number of carbonyl (C=O) groups is 1. The highest BCUT2D eigenvalue weighted by atomic mass is 35.5. The van der Waals surface area contributed by atoms with Crippen LogP contribution in [0.3, 0.4) is 0 Å². The van der Waals surface area contributed by atoms with Gasteiger partial charge < -0.3 is 5.32 Å². The summed E-state index contributed by atoms with van der Waals surface area (Å²) < 4.78 is 27.1. The summed E-state index contributed by atoms with van der Waals surface area (Å²) >= 11 is 7.84. The predicted octanol–water partition coefficient (Wildman–Crippen LogP) is 3.33. The van der Waals surface area contributed by atoms with Crippen LogP contribution in [0.4, 0.5) is 5.69 Å². The predicted molar refractivity (Wildman–Crippen MR) is 102 cm³/mol. The van der Waals surface area contributed by atoms with E-state index >= 15 is 0 Å². The van der Waals surface area contributed by atoms with Crippen molar-refractivity contribution in [2.24, 2.45) is 0 Å². The third kappa shape index (κ3) is 4.17. The maximum atomic E-state index is 12.8. The first-order valence-corrected chi connectivity index (χ1v) is 10.7. The molecule has 1 amide bonds. The molecule has 2 aromatic carbocycles. The minimum Gasteiger partial charge on any atom is -0.322 e. The van der Waals surface area contributed by atoms with Crippen molar-refractivity contribution in [2.45, 2.75) is 4.90 Å². The van der Waals surface area contributed by atoms with Crippen molar-refractivity contribution in [1.82, 2.24) is 4.31 Å². The van der Waals surface area contributed by atoms with Gasteiger partial charge in [-0.2, -0.15) is 16.1 Å². The van der Waals surface area contributed by atoms with E-state index in [1.54, 1.807) is 23.9 Å². The molecule has 1 aliphatic heterocycles. The number of para-hydroxylation sites is 1. The second-order valence-electron chi connectivity index (χ2n) is 5.48. The van der Waals surface area contributed by atoms with Crippen LogP contribution in [0.1, 0.15) is 10.4 Å². The molecule has 8 heteroatoms. The molecule has 25 heavy (non-hydrogen) atoms. The summed E-state index contributed by atoms with van der Waals surface area (Å²) in [6.45, 7) is 0.896. The average molecular weight is 397 g/mol. The molecule has 132 valence electrons.